The standard InChI is InChI=1S/C26H29N5O2S2/c1-4-18(2)20-9-11-22(12-10-20)33-14-13-31-16-21(23-7-5-6-8-24(23)31)15-27-29-25(32)17-34-26-30-28-19(3)35-26/h5-12,15-16,18H,4,13-14,17H2,1-3H3,(H,29,32)/b27-15-/t18-/m0/s1. The summed E-state index contributed by atoms with van der Waals surface area (Å²) in [6.45, 7) is 7.58. The summed E-state index contributed by atoms with van der Waals surface area (Å²) in [5.41, 5.74) is 5.96. The van der Waals surface area contributed by atoms with E-state index in [4.69, 9.17) is 4.74 Å². The average molecular weight is 508 g/mol. The van der Waals surface area contributed by atoms with Crippen LogP contribution in [0.3, 0.4) is 0 Å². The van der Waals surface area contributed by atoms with Gasteiger partial charge in [-0.3, -0.25) is 4.79 Å². The highest BCUT2D eigenvalue weighted by Gasteiger charge is 2.09. The van der Waals surface area contributed by atoms with E-state index in [1.54, 1.807) is 6.21 Å². The third-order valence-electron chi connectivity index (χ3n) is 5.71. The van der Waals surface area contributed by atoms with Crippen molar-refractivity contribution in [2.24, 2.45) is 5.10 Å². The topological polar surface area (TPSA) is 81.4 Å². The first-order valence-corrected chi connectivity index (χ1v) is 13.4. The molecular formula is C26H29N5O2S2. The van der Waals surface area contributed by atoms with Crippen LogP contribution in [0.2, 0.25) is 0 Å². The SMILES string of the molecule is CC[C@H](C)c1ccc(OCCn2cc(/C=N\NC(=O)CSc3nnc(C)s3)c3ccccc32)cc1. The van der Waals surface area contributed by atoms with Crippen molar-refractivity contribution in [2.75, 3.05) is 12.4 Å². The fraction of sp³-hybridized carbons (Fsp3) is 0.308. The number of hydrogen-bond donors (Lipinski definition) is 1. The van der Waals surface area contributed by atoms with Crippen molar-refractivity contribution in [2.45, 2.75) is 44.0 Å². The molecule has 0 aliphatic carbocycles. The van der Waals surface area contributed by atoms with Crippen molar-refractivity contribution < 1.29 is 9.53 Å². The molecule has 1 amide bonds. The number of rotatable bonds is 11. The van der Waals surface area contributed by atoms with Gasteiger partial charge in [-0.15, -0.1) is 10.2 Å². The van der Waals surface area contributed by atoms with Gasteiger partial charge in [0.25, 0.3) is 5.91 Å². The van der Waals surface area contributed by atoms with E-state index in [1.807, 2.05) is 37.4 Å². The number of hydrazone groups is 1. The quantitative estimate of drug-likeness (QED) is 0.161. The molecule has 4 rings (SSSR count). The van der Waals surface area contributed by atoms with Gasteiger partial charge in [-0.2, -0.15) is 5.10 Å². The third kappa shape index (κ3) is 6.70. The van der Waals surface area contributed by atoms with E-state index < -0.39 is 0 Å². The number of nitrogens with zero attached hydrogens (tertiary/aromatic N) is 4. The minimum Gasteiger partial charge on any atom is -0.492 e. The molecule has 0 bridgehead atoms. The van der Waals surface area contributed by atoms with Gasteiger partial charge < -0.3 is 9.30 Å². The number of hydrogen-bond acceptors (Lipinski definition) is 7. The van der Waals surface area contributed by atoms with Crippen molar-refractivity contribution in [3.63, 3.8) is 0 Å². The fourth-order valence-electron chi connectivity index (χ4n) is 3.62. The number of nitrogens with one attached hydrogen (secondary N) is 1. The molecule has 0 unspecified atom stereocenters. The van der Waals surface area contributed by atoms with E-state index in [-0.39, 0.29) is 11.7 Å². The molecular weight excluding hydrogens is 478 g/mol. The molecule has 182 valence electrons. The largest absolute Gasteiger partial charge is 0.492 e. The first-order valence-electron chi connectivity index (χ1n) is 11.6. The molecule has 4 aromatic rings. The molecule has 0 fully saturated rings. The van der Waals surface area contributed by atoms with Crippen LogP contribution in [0.4, 0.5) is 0 Å². The number of carbonyl (C=O) groups is 1. The number of amides is 1. The Kier molecular flexibility index (Phi) is 8.54. The highest BCUT2D eigenvalue weighted by molar-refractivity contribution is 8.01. The normalized spacial score (nSPS) is 12.3. The van der Waals surface area contributed by atoms with Gasteiger partial charge in [0, 0.05) is 22.7 Å². The Morgan fingerprint density at radius 3 is 2.77 bits per heavy atom. The number of para-hydroxylation sites is 1. The Morgan fingerprint density at radius 1 is 1.23 bits per heavy atom. The number of fused-ring (bicyclic) bond motifs is 1. The molecule has 1 N–H and O–H groups in total. The minimum atomic E-state index is -0.185. The van der Waals surface area contributed by atoms with E-state index in [2.05, 4.69) is 63.4 Å². The van der Waals surface area contributed by atoms with Crippen LogP contribution in [0, 0.1) is 6.92 Å². The van der Waals surface area contributed by atoms with Gasteiger partial charge in [-0.25, -0.2) is 5.43 Å². The van der Waals surface area contributed by atoms with Gasteiger partial charge in [0.2, 0.25) is 0 Å². The Bertz CT molecular complexity index is 1300. The lowest BCUT2D eigenvalue weighted by molar-refractivity contribution is -0.118. The van der Waals surface area contributed by atoms with Crippen LogP contribution in [0.15, 0.2) is 64.2 Å². The summed E-state index contributed by atoms with van der Waals surface area (Å²) >= 11 is 2.82. The zero-order valence-corrected chi connectivity index (χ0v) is 21.7. The second-order valence-electron chi connectivity index (χ2n) is 8.19. The zero-order chi connectivity index (χ0) is 24.6. The molecule has 0 aliphatic heterocycles. The lowest BCUT2D eigenvalue weighted by atomic mass is 9.99. The molecule has 9 heteroatoms. The van der Waals surface area contributed by atoms with Crippen LogP contribution in [-0.2, 0) is 11.3 Å². The van der Waals surface area contributed by atoms with Crippen LogP contribution >= 0.6 is 23.1 Å². The maximum Gasteiger partial charge on any atom is 0.250 e. The Hall–Kier alpha value is -3.17. The Balaban J connectivity index is 1.34. The van der Waals surface area contributed by atoms with Crippen molar-refractivity contribution in [1.29, 1.82) is 0 Å². The Labute approximate surface area is 213 Å². The van der Waals surface area contributed by atoms with E-state index in [9.17, 15) is 4.79 Å². The smallest absolute Gasteiger partial charge is 0.250 e. The van der Waals surface area contributed by atoms with Gasteiger partial charge in [0.1, 0.15) is 17.4 Å². The van der Waals surface area contributed by atoms with Crippen LogP contribution in [-0.4, -0.2) is 39.2 Å². The van der Waals surface area contributed by atoms with Gasteiger partial charge in [0.15, 0.2) is 4.34 Å². The monoisotopic (exact) mass is 507 g/mol. The number of benzene rings is 2. The predicted molar refractivity (Wildman–Crippen MR) is 144 cm³/mol. The van der Waals surface area contributed by atoms with Crippen LogP contribution in [0.25, 0.3) is 10.9 Å². The van der Waals surface area contributed by atoms with Crippen molar-refractivity contribution in [3.05, 3.63) is 70.9 Å². The fourth-order valence-corrected chi connectivity index (χ4v) is 5.23. The number of aromatic nitrogens is 3. The number of aryl methyl sites for hydroxylation is 1. The first-order chi connectivity index (χ1) is 17.0. The predicted octanol–water partition coefficient (Wildman–Crippen LogP) is 5.64. The second-order valence-corrected chi connectivity index (χ2v) is 10.6. The summed E-state index contributed by atoms with van der Waals surface area (Å²) in [4.78, 5) is 12.1. The average Bonchev–Trinajstić information content (AvgIpc) is 3.46. The second kappa shape index (κ2) is 12.0. The van der Waals surface area contributed by atoms with E-state index in [0.29, 0.717) is 19.1 Å². The molecule has 2 heterocycles. The summed E-state index contributed by atoms with van der Waals surface area (Å²) in [5.74, 6) is 1.48. The van der Waals surface area contributed by atoms with E-state index in [0.717, 1.165) is 38.0 Å². The van der Waals surface area contributed by atoms with Gasteiger partial charge in [-0.05, 0) is 43.0 Å². The van der Waals surface area contributed by atoms with Crippen LogP contribution < -0.4 is 10.2 Å². The third-order valence-corrected chi connectivity index (χ3v) is 7.68. The van der Waals surface area contributed by atoms with Crippen molar-refractivity contribution >= 4 is 46.1 Å². The highest BCUT2D eigenvalue weighted by atomic mass is 32.2. The molecule has 35 heavy (non-hydrogen) atoms. The minimum absolute atomic E-state index is 0.185. The zero-order valence-electron chi connectivity index (χ0n) is 20.1. The van der Waals surface area contributed by atoms with Gasteiger partial charge in [-0.1, -0.05) is 67.3 Å². The molecule has 2 aromatic heterocycles. The van der Waals surface area contributed by atoms with Crippen molar-refractivity contribution in [3.8, 4) is 5.75 Å². The van der Waals surface area contributed by atoms with Crippen molar-refractivity contribution in [1.82, 2.24) is 20.2 Å². The van der Waals surface area contributed by atoms with Crippen LogP contribution in [0.5, 0.6) is 5.75 Å². The summed E-state index contributed by atoms with van der Waals surface area (Å²) in [5, 5.41) is 14.1. The van der Waals surface area contributed by atoms with Crippen LogP contribution in [0.1, 0.15) is 42.3 Å². The highest BCUT2D eigenvalue weighted by Crippen LogP contribution is 2.23. The molecule has 0 saturated heterocycles. The van der Waals surface area contributed by atoms with E-state index in [1.165, 1.54) is 28.7 Å². The lowest BCUT2D eigenvalue weighted by Crippen LogP contribution is -2.19. The molecule has 0 spiro atoms. The summed E-state index contributed by atoms with van der Waals surface area (Å²) < 4.78 is 8.92. The summed E-state index contributed by atoms with van der Waals surface area (Å²) in [6.07, 6.45) is 4.85. The van der Waals surface area contributed by atoms with E-state index >= 15 is 0 Å². The molecule has 1 atom stereocenters. The van der Waals surface area contributed by atoms with Gasteiger partial charge in [0.05, 0.1) is 18.5 Å². The molecule has 7 nitrogen and oxygen atoms in total. The molecule has 2 aromatic carbocycles. The molecule has 0 radical (unpaired) electrons. The van der Waals surface area contributed by atoms with Gasteiger partial charge >= 0.3 is 0 Å². The first kappa shape index (κ1) is 24.9. The Morgan fingerprint density at radius 2 is 2.03 bits per heavy atom. The number of carbonyl (C=O) groups excluding carboxylic acids is 1. The maximum absolute atomic E-state index is 12.1. The summed E-state index contributed by atoms with van der Waals surface area (Å²) in [6, 6.07) is 16.5. The maximum atomic E-state index is 12.1. The molecule has 0 aliphatic rings. The molecule has 0 saturated carbocycles. The number of ether oxygens (including phenoxy) is 1. The summed E-state index contributed by atoms with van der Waals surface area (Å²) in [7, 11) is 0. The lowest BCUT2D eigenvalue weighted by Gasteiger charge is -2.11. The number of thioether (sulfide) groups is 1.